The quantitative estimate of drug-likeness (QED) is 0.278. The average Bonchev–Trinajstić information content (AvgIpc) is 2.79. The van der Waals surface area contributed by atoms with Crippen LogP contribution in [0.15, 0.2) is 71.8 Å². The molecule has 0 saturated heterocycles. The first-order chi connectivity index (χ1) is 15.4. The summed E-state index contributed by atoms with van der Waals surface area (Å²) < 4.78 is 5.71. The van der Waals surface area contributed by atoms with Gasteiger partial charge in [-0.2, -0.15) is 5.10 Å². The van der Waals surface area contributed by atoms with Crippen molar-refractivity contribution in [2.24, 2.45) is 5.10 Å². The topological polar surface area (TPSA) is 79.8 Å². The lowest BCUT2D eigenvalue weighted by Gasteiger charge is -2.09. The number of benzene rings is 3. The summed E-state index contributed by atoms with van der Waals surface area (Å²) in [7, 11) is 0. The number of halogens is 3. The Morgan fingerprint density at radius 2 is 1.47 bits per heavy atom. The van der Waals surface area contributed by atoms with Gasteiger partial charge in [0.15, 0.2) is 0 Å². The maximum absolute atomic E-state index is 11.9. The molecule has 0 aliphatic carbocycles. The van der Waals surface area contributed by atoms with Gasteiger partial charge in [-0.1, -0.05) is 59.1 Å². The van der Waals surface area contributed by atoms with E-state index in [0.29, 0.717) is 33.0 Å². The van der Waals surface area contributed by atoms with Crippen LogP contribution in [0.4, 0.5) is 0 Å². The molecule has 0 unspecified atom stereocenters. The molecule has 0 fully saturated rings. The predicted molar refractivity (Wildman–Crippen MR) is 126 cm³/mol. The van der Waals surface area contributed by atoms with Gasteiger partial charge in [0, 0.05) is 16.6 Å². The van der Waals surface area contributed by atoms with E-state index in [2.05, 4.69) is 15.8 Å². The Morgan fingerprint density at radius 1 is 0.844 bits per heavy atom. The number of carbonyl (C=O) groups is 2. The molecule has 2 amide bonds. The lowest BCUT2D eigenvalue weighted by atomic mass is 10.2. The Labute approximate surface area is 200 Å². The molecular weight excluding hydrogens is 473 g/mol. The third-order valence-electron chi connectivity index (χ3n) is 4.22. The van der Waals surface area contributed by atoms with E-state index in [4.69, 9.17) is 39.5 Å². The Morgan fingerprint density at radius 3 is 2.09 bits per heavy atom. The van der Waals surface area contributed by atoms with Crippen LogP contribution in [0.5, 0.6) is 5.75 Å². The predicted octanol–water partition coefficient (Wildman–Crippen LogP) is 4.99. The van der Waals surface area contributed by atoms with E-state index < -0.39 is 11.8 Å². The van der Waals surface area contributed by atoms with Crippen molar-refractivity contribution in [3.8, 4) is 5.75 Å². The second-order valence-corrected chi connectivity index (χ2v) is 7.89. The Hall–Kier alpha value is -3.06. The minimum absolute atomic E-state index is 0.195. The molecule has 3 rings (SSSR count). The van der Waals surface area contributed by atoms with Gasteiger partial charge in [-0.15, -0.1) is 0 Å². The fourth-order valence-corrected chi connectivity index (χ4v) is 3.03. The fraction of sp³-hybridized carbons (Fsp3) is 0.0870. The van der Waals surface area contributed by atoms with Crippen LogP contribution in [0.3, 0.4) is 0 Å². The molecule has 2 N–H and O–H groups in total. The molecule has 164 valence electrons. The molecule has 32 heavy (non-hydrogen) atoms. The maximum Gasteiger partial charge on any atom is 0.329 e. The molecule has 0 atom stereocenters. The zero-order chi connectivity index (χ0) is 22.9. The van der Waals surface area contributed by atoms with Gasteiger partial charge in [0.25, 0.3) is 0 Å². The molecular formula is C23H18Cl3N3O3. The van der Waals surface area contributed by atoms with E-state index in [-0.39, 0.29) is 6.54 Å². The summed E-state index contributed by atoms with van der Waals surface area (Å²) in [6.07, 6.45) is 1.37. The molecule has 0 radical (unpaired) electrons. The van der Waals surface area contributed by atoms with Crippen LogP contribution < -0.4 is 15.5 Å². The van der Waals surface area contributed by atoms with Crippen LogP contribution in [-0.4, -0.2) is 18.0 Å². The molecule has 0 aromatic heterocycles. The highest BCUT2D eigenvalue weighted by atomic mass is 35.5. The van der Waals surface area contributed by atoms with Crippen LogP contribution >= 0.6 is 34.8 Å². The first-order valence-corrected chi connectivity index (χ1v) is 10.6. The molecule has 3 aromatic rings. The van der Waals surface area contributed by atoms with E-state index in [1.807, 2.05) is 12.1 Å². The molecule has 0 heterocycles. The maximum atomic E-state index is 11.9. The van der Waals surface area contributed by atoms with E-state index in [1.54, 1.807) is 54.6 Å². The lowest BCUT2D eigenvalue weighted by Crippen LogP contribution is -2.37. The first kappa shape index (κ1) is 23.6. The van der Waals surface area contributed by atoms with Crippen LogP contribution in [0.2, 0.25) is 15.1 Å². The Bertz CT molecular complexity index is 1120. The molecule has 0 aliphatic heterocycles. The summed E-state index contributed by atoms with van der Waals surface area (Å²) >= 11 is 17.9. The molecule has 0 spiro atoms. The number of rotatable bonds is 7. The first-order valence-electron chi connectivity index (χ1n) is 9.43. The van der Waals surface area contributed by atoms with Gasteiger partial charge >= 0.3 is 11.8 Å². The van der Waals surface area contributed by atoms with Gasteiger partial charge in [-0.3, -0.25) is 9.59 Å². The zero-order valence-electron chi connectivity index (χ0n) is 16.6. The molecule has 0 saturated carbocycles. The van der Waals surface area contributed by atoms with Crippen molar-refractivity contribution in [3.05, 3.63) is 98.5 Å². The highest BCUT2D eigenvalue weighted by molar-refractivity contribution is 6.35. The number of hydrazone groups is 1. The largest absolute Gasteiger partial charge is 0.487 e. The van der Waals surface area contributed by atoms with Crippen LogP contribution in [0.1, 0.15) is 16.7 Å². The smallest absolute Gasteiger partial charge is 0.329 e. The molecule has 3 aromatic carbocycles. The van der Waals surface area contributed by atoms with Crippen LogP contribution in [0, 0.1) is 0 Å². The van der Waals surface area contributed by atoms with Gasteiger partial charge in [-0.25, -0.2) is 5.43 Å². The van der Waals surface area contributed by atoms with Gasteiger partial charge in [0.2, 0.25) is 0 Å². The Balaban J connectivity index is 1.47. The lowest BCUT2D eigenvalue weighted by molar-refractivity contribution is -0.139. The molecule has 9 heteroatoms. The fourth-order valence-electron chi connectivity index (χ4n) is 2.54. The van der Waals surface area contributed by atoms with Gasteiger partial charge in [0.1, 0.15) is 12.4 Å². The van der Waals surface area contributed by atoms with Crippen LogP contribution in [-0.2, 0) is 22.7 Å². The third-order valence-corrected chi connectivity index (χ3v) is 5.02. The van der Waals surface area contributed by atoms with Crippen LogP contribution in [0.25, 0.3) is 0 Å². The summed E-state index contributed by atoms with van der Waals surface area (Å²) in [5.74, 6) is -1.19. The number of hydrogen-bond donors (Lipinski definition) is 2. The molecule has 6 nitrogen and oxygen atoms in total. The number of carbonyl (C=O) groups excluding carboxylic acids is 2. The minimum Gasteiger partial charge on any atom is -0.487 e. The minimum atomic E-state index is -0.885. The second-order valence-electron chi connectivity index (χ2n) is 6.61. The monoisotopic (exact) mass is 489 g/mol. The second kappa shape index (κ2) is 11.5. The van der Waals surface area contributed by atoms with E-state index >= 15 is 0 Å². The molecule has 0 bridgehead atoms. The van der Waals surface area contributed by atoms with Crippen molar-refractivity contribution in [2.45, 2.75) is 13.2 Å². The summed E-state index contributed by atoms with van der Waals surface area (Å²) in [5, 5.41) is 7.92. The van der Waals surface area contributed by atoms with E-state index in [0.717, 1.165) is 11.1 Å². The molecule has 0 aliphatic rings. The highest BCUT2D eigenvalue weighted by Gasteiger charge is 2.12. The normalized spacial score (nSPS) is 10.7. The van der Waals surface area contributed by atoms with Crippen molar-refractivity contribution < 1.29 is 14.3 Å². The van der Waals surface area contributed by atoms with Crippen molar-refractivity contribution in [1.29, 1.82) is 0 Å². The number of hydrogen-bond acceptors (Lipinski definition) is 4. The zero-order valence-corrected chi connectivity index (χ0v) is 18.9. The standard InChI is InChI=1S/C23H18Cl3N3O3/c24-18-6-1-15(2-7-18)12-27-22(30)23(31)29-28-13-17-5-10-21(20(26)11-17)32-14-16-3-8-19(25)9-4-16/h1-11,13H,12,14H2,(H,27,30)(H,29,31)/b28-13-. The Kier molecular flexibility index (Phi) is 8.50. The van der Waals surface area contributed by atoms with Crippen molar-refractivity contribution >= 4 is 52.8 Å². The number of nitrogens with one attached hydrogen (secondary N) is 2. The number of ether oxygens (including phenoxy) is 1. The average molecular weight is 491 g/mol. The summed E-state index contributed by atoms with van der Waals surface area (Å²) in [4.78, 5) is 23.7. The summed E-state index contributed by atoms with van der Waals surface area (Å²) in [5.41, 5.74) is 4.56. The van der Waals surface area contributed by atoms with E-state index in [9.17, 15) is 9.59 Å². The summed E-state index contributed by atoms with van der Waals surface area (Å²) in [6.45, 7) is 0.533. The van der Waals surface area contributed by atoms with Gasteiger partial charge in [0.05, 0.1) is 11.2 Å². The third kappa shape index (κ3) is 7.27. The highest BCUT2D eigenvalue weighted by Crippen LogP contribution is 2.26. The van der Waals surface area contributed by atoms with Crippen molar-refractivity contribution in [3.63, 3.8) is 0 Å². The van der Waals surface area contributed by atoms with E-state index in [1.165, 1.54) is 6.21 Å². The SMILES string of the molecule is O=C(NCc1ccc(Cl)cc1)C(=O)N/N=C\c1ccc(OCc2ccc(Cl)cc2)c(Cl)c1. The number of amides is 2. The van der Waals surface area contributed by atoms with Crippen molar-refractivity contribution in [1.82, 2.24) is 10.7 Å². The van der Waals surface area contributed by atoms with Gasteiger partial charge in [-0.05, 0) is 59.2 Å². The number of nitrogens with zero attached hydrogens (tertiary/aromatic N) is 1. The van der Waals surface area contributed by atoms with Gasteiger partial charge < -0.3 is 10.1 Å². The summed E-state index contributed by atoms with van der Waals surface area (Å²) in [6, 6.07) is 19.3. The van der Waals surface area contributed by atoms with Crippen molar-refractivity contribution in [2.75, 3.05) is 0 Å².